The molecule has 0 aromatic heterocycles. The Hall–Kier alpha value is -3.86. The van der Waals surface area contributed by atoms with Crippen LogP contribution < -0.4 is 10.2 Å². The number of allylic oxidation sites excluding steroid dienone is 2. The fourth-order valence-corrected chi connectivity index (χ4v) is 7.91. The molecule has 188 valence electrons. The average Bonchev–Trinajstić information content (AvgIpc) is 3.32. The highest BCUT2D eigenvalue weighted by Crippen LogP contribution is 2.50. The van der Waals surface area contributed by atoms with Gasteiger partial charge in [-0.1, -0.05) is 103 Å². The summed E-state index contributed by atoms with van der Waals surface area (Å²) in [5, 5.41) is 6.26. The van der Waals surface area contributed by atoms with E-state index in [0.29, 0.717) is 0 Å². The van der Waals surface area contributed by atoms with E-state index in [1.54, 1.807) is 0 Å². The van der Waals surface area contributed by atoms with Crippen LogP contribution in [0.1, 0.15) is 17.0 Å². The molecule has 0 fully saturated rings. The predicted molar refractivity (Wildman–Crippen MR) is 169 cm³/mol. The summed E-state index contributed by atoms with van der Waals surface area (Å²) < 4.78 is 0. The van der Waals surface area contributed by atoms with Crippen molar-refractivity contribution >= 4 is 52.1 Å². The quantitative estimate of drug-likeness (QED) is 0.172. The second-order valence-electron chi connectivity index (χ2n) is 10.3. The van der Waals surface area contributed by atoms with Gasteiger partial charge in [0.05, 0.1) is 6.04 Å². The maximum absolute atomic E-state index is 5.03. The van der Waals surface area contributed by atoms with Crippen LogP contribution in [0.15, 0.2) is 137 Å². The lowest BCUT2D eigenvalue weighted by atomic mass is 9.85. The van der Waals surface area contributed by atoms with Crippen molar-refractivity contribution in [3.63, 3.8) is 0 Å². The smallest absolute Gasteiger partial charge is 0.145 e. The molecule has 0 amide bonds. The van der Waals surface area contributed by atoms with Gasteiger partial charge in [-0.25, -0.2) is 0 Å². The number of nitrogens with zero attached hydrogens (tertiary/aromatic N) is 1. The van der Waals surface area contributed by atoms with Crippen LogP contribution in [0.2, 0.25) is 0 Å². The number of para-hydroxylation sites is 2. The zero-order valence-corrected chi connectivity index (χ0v) is 22.9. The second-order valence-corrected chi connectivity index (χ2v) is 11.9. The lowest BCUT2D eigenvalue weighted by Gasteiger charge is -2.35. The van der Waals surface area contributed by atoms with Crippen molar-refractivity contribution in [3.05, 3.63) is 139 Å². The molecule has 3 unspecified atom stereocenters. The third-order valence-electron chi connectivity index (χ3n) is 8.12. The molecule has 0 saturated heterocycles. The van der Waals surface area contributed by atoms with Crippen molar-refractivity contribution in [1.82, 2.24) is 0 Å². The van der Waals surface area contributed by atoms with Crippen LogP contribution in [0.4, 0.5) is 11.4 Å². The monoisotopic (exact) mass is 538 g/mol. The molecular weight excluding hydrogens is 513 g/mol. The molecule has 5 aromatic carbocycles. The van der Waals surface area contributed by atoms with Crippen molar-refractivity contribution in [2.24, 2.45) is 0 Å². The number of anilines is 2. The van der Waals surface area contributed by atoms with E-state index in [1.807, 2.05) is 17.8 Å². The van der Waals surface area contributed by atoms with Crippen LogP contribution in [0, 0.1) is 0 Å². The fraction of sp³-hybridized carbons (Fsp3) is 0.0857. The van der Waals surface area contributed by atoms with Gasteiger partial charge in [0.1, 0.15) is 5.50 Å². The largest absolute Gasteiger partial charge is 0.357 e. The molecule has 2 nitrogen and oxygen atoms in total. The maximum Gasteiger partial charge on any atom is 0.145 e. The molecule has 2 aliphatic heterocycles. The number of thiol groups is 1. The Morgan fingerprint density at radius 2 is 1.59 bits per heavy atom. The Kier molecular flexibility index (Phi) is 5.39. The Bertz CT molecular complexity index is 1800. The van der Waals surface area contributed by atoms with Gasteiger partial charge in [0, 0.05) is 32.5 Å². The third-order valence-corrected chi connectivity index (χ3v) is 9.63. The molecule has 5 aromatic rings. The third kappa shape index (κ3) is 3.74. The van der Waals surface area contributed by atoms with E-state index in [9.17, 15) is 0 Å². The highest BCUT2D eigenvalue weighted by Gasteiger charge is 2.40. The van der Waals surface area contributed by atoms with Crippen molar-refractivity contribution in [2.75, 3.05) is 10.2 Å². The topological polar surface area (TPSA) is 15.3 Å². The summed E-state index contributed by atoms with van der Waals surface area (Å²) in [6.45, 7) is 0. The van der Waals surface area contributed by atoms with E-state index in [2.05, 4.69) is 132 Å². The number of hydrogen-bond acceptors (Lipinski definition) is 4. The highest BCUT2D eigenvalue weighted by molar-refractivity contribution is 7.99. The summed E-state index contributed by atoms with van der Waals surface area (Å²) in [4.78, 5) is 5.07. The van der Waals surface area contributed by atoms with Crippen LogP contribution >= 0.6 is 24.4 Å². The van der Waals surface area contributed by atoms with Crippen molar-refractivity contribution in [2.45, 2.75) is 27.2 Å². The maximum atomic E-state index is 5.03. The van der Waals surface area contributed by atoms with Crippen molar-refractivity contribution in [1.29, 1.82) is 0 Å². The van der Waals surface area contributed by atoms with Gasteiger partial charge in [-0.3, -0.25) is 0 Å². The first-order valence-corrected chi connectivity index (χ1v) is 14.7. The summed E-state index contributed by atoms with van der Waals surface area (Å²) in [7, 11) is 0. The minimum absolute atomic E-state index is 0.149. The van der Waals surface area contributed by atoms with Crippen molar-refractivity contribution in [3.8, 4) is 11.1 Å². The summed E-state index contributed by atoms with van der Waals surface area (Å²) in [6.07, 6.45) is 7.12. The molecule has 1 N–H and O–H groups in total. The van der Waals surface area contributed by atoms with Gasteiger partial charge in [0.25, 0.3) is 0 Å². The molecular formula is C35H26N2S2. The van der Waals surface area contributed by atoms with E-state index < -0.39 is 0 Å². The zero-order valence-electron chi connectivity index (χ0n) is 21.2. The van der Waals surface area contributed by atoms with Gasteiger partial charge in [-0.2, -0.15) is 0 Å². The van der Waals surface area contributed by atoms with Gasteiger partial charge >= 0.3 is 0 Å². The number of nitrogens with one attached hydrogen (secondary N) is 1. The first-order valence-electron chi connectivity index (χ1n) is 13.4. The first kappa shape index (κ1) is 23.1. The summed E-state index contributed by atoms with van der Waals surface area (Å²) in [5.74, 6) is 0.267. The molecule has 3 atom stereocenters. The number of benzene rings is 5. The molecule has 4 heteroatoms. The number of rotatable bonds is 4. The standard InChI is InChI=1S/C35H26N2S2/c38-35(36-25-10-2-1-3-11-25)37-30-14-5-4-12-26(30)28-20-23(16-18-31(28)37)24-17-19-32-29(21-24)27-13-6-8-22-9-7-15-33(39-32)34(22)27/h1-21,28,31,35-36,38H. The minimum Gasteiger partial charge on any atom is -0.357 e. The molecule has 0 bridgehead atoms. The Morgan fingerprint density at radius 3 is 2.49 bits per heavy atom. The zero-order chi connectivity index (χ0) is 25.9. The van der Waals surface area contributed by atoms with E-state index in [-0.39, 0.29) is 17.5 Å². The van der Waals surface area contributed by atoms with Gasteiger partial charge in [0.15, 0.2) is 0 Å². The van der Waals surface area contributed by atoms with E-state index in [1.165, 1.54) is 54.1 Å². The second kappa shape index (κ2) is 9.11. The van der Waals surface area contributed by atoms with Crippen LogP contribution in [-0.4, -0.2) is 11.5 Å². The molecule has 0 saturated carbocycles. The normalized spacial score (nSPS) is 19.2. The Labute approximate surface area is 238 Å². The van der Waals surface area contributed by atoms with E-state index in [4.69, 9.17) is 12.6 Å². The average molecular weight is 539 g/mol. The van der Waals surface area contributed by atoms with Crippen LogP contribution in [0.25, 0.3) is 27.5 Å². The summed E-state index contributed by atoms with van der Waals surface area (Å²) >= 11 is 6.91. The molecule has 0 radical (unpaired) electrons. The number of hydrogen-bond donors (Lipinski definition) is 2. The molecule has 39 heavy (non-hydrogen) atoms. The predicted octanol–water partition coefficient (Wildman–Crippen LogP) is 9.22. The lowest BCUT2D eigenvalue weighted by Crippen LogP contribution is -2.42. The van der Waals surface area contributed by atoms with Gasteiger partial charge in [0.2, 0.25) is 0 Å². The molecule has 3 aliphatic rings. The first-order chi connectivity index (χ1) is 19.2. The van der Waals surface area contributed by atoms with Gasteiger partial charge in [-0.15, -0.1) is 12.6 Å². The Morgan fingerprint density at radius 1 is 0.769 bits per heavy atom. The molecule has 2 heterocycles. The molecule has 1 aliphatic carbocycles. The van der Waals surface area contributed by atoms with E-state index in [0.717, 1.165) is 5.69 Å². The van der Waals surface area contributed by atoms with Gasteiger partial charge < -0.3 is 10.2 Å². The van der Waals surface area contributed by atoms with E-state index >= 15 is 0 Å². The SMILES string of the molecule is SC(Nc1ccccc1)N1c2ccccc2C2C=C(c3ccc4c(c3)-c3cccc5cccc(c35)S4)C=CC21. The van der Waals surface area contributed by atoms with Crippen LogP contribution in [-0.2, 0) is 0 Å². The minimum atomic E-state index is -0.149. The summed E-state index contributed by atoms with van der Waals surface area (Å²) in [6, 6.07) is 39.5. The molecule has 0 spiro atoms. The van der Waals surface area contributed by atoms with Crippen LogP contribution in [0.3, 0.4) is 0 Å². The highest BCUT2D eigenvalue weighted by atomic mass is 32.2. The lowest BCUT2D eigenvalue weighted by molar-refractivity contribution is 0.677. The molecule has 8 rings (SSSR count). The van der Waals surface area contributed by atoms with Gasteiger partial charge in [-0.05, 0) is 69.6 Å². The number of fused-ring (bicyclic) bond motifs is 5. The van der Waals surface area contributed by atoms with Crippen LogP contribution in [0.5, 0.6) is 0 Å². The van der Waals surface area contributed by atoms with Crippen molar-refractivity contribution < 1.29 is 0 Å². The fourth-order valence-electron chi connectivity index (χ4n) is 6.36. The summed E-state index contributed by atoms with van der Waals surface area (Å²) in [5.41, 5.74) is 8.71. The Balaban J connectivity index is 1.17.